The van der Waals surface area contributed by atoms with E-state index in [1.54, 1.807) is 18.4 Å². The highest BCUT2D eigenvalue weighted by Crippen LogP contribution is 2.26. The van der Waals surface area contributed by atoms with Crippen molar-refractivity contribution >= 4 is 17.2 Å². The number of aryl methyl sites for hydroxylation is 1. The van der Waals surface area contributed by atoms with Gasteiger partial charge in [0.05, 0.1) is 12.8 Å². The Morgan fingerprint density at radius 1 is 1.30 bits per heavy atom. The lowest BCUT2D eigenvalue weighted by Gasteiger charge is -2.16. The molecule has 0 unspecified atom stereocenters. The van der Waals surface area contributed by atoms with E-state index >= 15 is 0 Å². The summed E-state index contributed by atoms with van der Waals surface area (Å²) in [5.41, 5.74) is 2.06. The van der Waals surface area contributed by atoms with Crippen LogP contribution in [-0.4, -0.2) is 36.5 Å². The summed E-state index contributed by atoms with van der Waals surface area (Å²) in [6, 6.07) is 7.88. The van der Waals surface area contributed by atoms with Crippen molar-refractivity contribution in [3.63, 3.8) is 0 Å². The quantitative estimate of drug-likeness (QED) is 0.733. The summed E-state index contributed by atoms with van der Waals surface area (Å²) >= 11 is 1.61. The first kappa shape index (κ1) is 17.5. The number of aromatic nitrogens is 1. The minimum Gasteiger partial charge on any atom is -0.497 e. The number of rotatable bonds is 8. The van der Waals surface area contributed by atoms with Crippen molar-refractivity contribution in [1.82, 2.24) is 9.88 Å². The van der Waals surface area contributed by atoms with Gasteiger partial charge in [-0.25, -0.2) is 4.98 Å². The molecule has 124 valence electrons. The number of carbonyl (C=O) groups is 1. The number of benzene rings is 1. The van der Waals surface area contributed by atoms with Gasteiger partial charge in [-0.05, 0) is 37.1 Å². The third kappa shape index (κ3) is 5.06. The number of carbonyl (C=O) groups excluding carboxylic acids is 1. The smallest absolute Gasteiger partial charge is 0.222 e. The lowest BCUT2D eigenvalue weighted by atomic mass is 10.2. The molecule has 0 N–H and O–H groups in total. The second kappa shape index (κ2) is 8.67. The van der Waals surface area contributed by atoms with E-state index in [-0.39, 0.29) is 5.91 Å². The molecule has 0 aliphatic carbocycles. The minimum atomic E-state index is 0.192. The highest BCUT2D eigenvalue weighted by molar-refractivity contribution is 7.13. The van der Waals surface area contributed by atoms with Crippen LogP contribution in [0, 0.1) is 0 Å². The molecule has 1 aromatic carbocycles. The zero-order chi connectivity index (χ0) is 16.7. The Morgan fingerprint density at radius 2 is 2.04 bits per heavy atom. The first-order chi connectivity index (χ1) is 11.1. The molecule has 0 fully saturated rings. The van der Waals surface area contributed by atoms with E-state index in [0.29, 0.717) is 12.8 Å². The maximum atomic E-state index is 12.1. The largest absolute Gasteiger partial charge is 0.497 e. The average molecular weight is 332 g/mol. The second-order valence-electron chi connectivity index (χ2n) is 5.54. The lowest BCUT2D eigenvalue weighted by Crippen LogP contribution is -2.27. The summed E-state index contributed by atoms with van der Waals surface area (Å²) < 4.78 is 5.17. The molecule has 0 saturated carbocycles. The molecule has 23 heavy (non-hydrogen) atoms. The molecule has 0 radical (unpaired) electrons. The zero-order valence-electron chi connectivity index (χ0n) is 14.0. The van der Waals surface area contributed by atoms with Gasteiger partial charge in [-0.15, -0.1) is 11.3 Å². The fraction of sp³-hybridized carbons (Fsp3) is 0.444. The summed E-state index contributed by atoms with van der Waals surface area (Å²) in [6.07, 6.45) is 3.38. The molecule has 0 spiro atoms. The predicted octanol–water partition coefficient (Wildman–Crippen LogP) is 4.01. The molecule has 1 heterocycles. The van der Waals surface area contributed by atoms with E-state index in [9.17, 15) is 4.79 Å². The van der Waals surface area contributed by atoms with E-state index in [2.05, 4.69) is 11.9 Å². The van der Waals surface area contributed by atoms with Crippen LogP contribution < -0.4 is 4.74 Å². The Kier molecular flexibility index (Phi) is 6.59. The van der Waals surface area contributed by atoms with Crippen LogP contribution in [0.3, 0.4) is 0 Å². The molecule has 1 aromatic heterocycles. The molecule has 1 amide bonds. The molecule has 0 bridgehead atoms. The molecule has 5 heteroatoms. The van der Waals surface area contributed by atoms with Gasteiger partial charge in [0.15, 0.2) is 0 Å². The SMILES string of the molecule is CCCCN(C)C(=O)CCc1csc(-c2ccc(OC)cc2)n1. The number of methoxy groups -OCH3 is 1. The normalized spacial score (nSPS) is 10.6. The van der Waals surface area contributed by atoms with Crippen LogP contribution in [0.4, 0.5) is 0 Å². The van der Waals surface area contributed by atoms with Crippen LogP contribution in [-0.2, 0) is 11.2 Å². The van der Waals surface area contributed by atoms with Crippen molar-refractivity contribution < 1.29 is 9.53 Å². The Balaban J connectivity index is 1.90. The monoisotopic (exact) mass is 332 g/mol. The van der Waals surface area contributed by atoms with Crippen molar-refractivity contribution in [3.05, 3.63) is 35.3 Å². The van der Waals surface area contributed by atoms with Crippen LogP contribution in [0.25, 0.3) is 10.6 Å². The molecule has 0 saturated heterocycles. The lowest BCUT2D eigenvalue weighted by molar-refractivity contribution is -0.129. The predicted molar refractivity (Wildman–Crippen MR) is 95.0 cm³/mol. The summed E-state index contributed by atoms with van der Waals surface area (Å²) in [6.45, 7) is 2.97. The third-order valence-corrected chi connectivity index (χ3v) is 4.70. The van der Waals surface area contributed by atoms with Crippen LogP contribution in [0.5, 0.6) is 5.75 Å². The van der Waals surface area contributed by atoms with E-state index in [0.717, 1.165) is 41.4 Å². The highest BCUT2D eigenvalue weighted by atomic mass is 32.1. The topological polar surface area (TPSA) is 42.4 Å². The van der Waals surface area contributed by atoms with Crippen molar-refractivity contribution in [2.24, 2.45) is 0 Å². The maximum Gasteiger partial charge on any atom is 0.222 e. The van der Waals surface area contributed by atoms with E-state index < -0.39 is 0 Å². The molecule has 0 aliphatic heterocycles. The van der Waals surface area contributed by atoms with E-state index in [1.807, 2.05) is 41.6 Å². The van der Waals surface area contributed by atoms with Crippen LogP contribution in [0.1, 0.15) is 31.9 Å². The number of nitrogens with zero attached hydrogens (tertiary/aromatic N) is 2. The number of hydrogen-bond donors (Lipinski definition) is 0. The van der Waals surface area contributed by atoms with E-state index in [4.69, 9.17) is 4.74 Å². The Labute approximate surface area is 142 Å². The number of hydrogen-bond acceptors (Lipinski definition) is 4. The van der Waals surface area contributed by atoms with Gasteiger partial charge >= 0.3 is 0 Å². The molecule has 0 atom stereocenters. The van der Waals surface area contributed by atoms with Gasteiger partial charge < -0.3 is 9.64 Å². The first-order valence-corrected chi connectivity index (χ1v) is 8.84. The van der Waals surface area contributed by atoms with Crippen molar-refractivity contribution in [2.75, 3.05) is 20.7 Å². The summed E-state index contributed by atoms with van der Waals surface area (Å²) in [7, 11) is 3.53. The Hall–Kier alpha value is -1.88. The average Bonchev–Trinajstić information content (AvgIpc) is 3.06. The number of amides is 1. The number of ether oxygens (including phenoxy) is 1. The first-order valence-electron chi connectivity index (χ1n) is 7.96. The summed E-state index contributed by atoms with van der Waals surface area (Å²) in [5.74, 6) is 1.03. The van der Waals surface area contributed by atoms with Crippen molar-refractivity contribution in [1.29, 1.82) is 0 Å². The molecule has 2 rings (SSSR count). The number of unbranched alkanes of at least 4 members (excludes halogenated alkanes) is 1. The van der Waals surface area contributed by atoms with Gasteiger partial charge in [0.1, 0.15) is 10.8 Å². The molecular formula is C18H24N2O2S. The Bertz CT molecular complexity index is 622. The van der Waals surface area contributed by atoms with Gasteiger partial charge in [0, 0.05) is 31.0 Å². The van der Waals surface area contributed by atoms with Gasteiger partial charge in [0.25, 0.3) is 0 Å². The van der Waals surface area contributed by atoms with Crippen LogP contribution in [0.15, 0.2) is 29.6 Å². The van der Waals surface area contributed by atoms with Crippen LogP contribution in [0.2, 0.25) is 0 Å². The Morgan fingerprint density at radius 3 is 2.70 bits per heavy atom. The molecule has 2 aromatic rings. The summed E-state index contributed by atoms with van der Waals surface area (Å²) in [4.78, 5) is 18.5. The van der Waals surface area contributed by atoms with Crippen molar-refractivity contribution in [3.8, 4) is 16.3 Å². The van der Waals surface area contributed by atoms with Gasteiger partial charge in [-0.1, -0.05) is 13.3 Å². The van der Waals surface area contributed by atoms with Gasteiger partial charge in [-0.3, -0.25) is 4.79 Å². The van der Waals surface area contributed by atoms with Gasteiger partial charge in [-0.2, -0.15) is 0 Å². The zero-order valence-corrected chi connectivity index (χ0v) is 14.9. The maximum absolute atomic E-state index is 12.1. The number of thiazole rings is 1. The standard InChI is InChI=1S/C18H24N2O2S/c1-4-5-12-20(2)17(21)11-8-15-13-23-18(19-15)14-6-9-16(22-3)10-7-14/h6-7,9-10,13H,4-5,8,11-12H2,1-3H3. The van der Waals surface area contributed by atoms with Crippen LogP contribution >= 0.6 is 11.3 Å². The minimum absolute atomic E-state index is 0.192. The van der Waals surface area contributed by atoms with E-state index in [1.165, 1.54) is 0 Å². The molecular weight excluding hydrogens is 308 g/mol. The third-order valence-electron chi connectivity index (χ3n) is 3.76. The molecule has 0 aliphatic rings. The second-order valence-corrected chi connectivity index (χ2v) is 6.40. The summed E-state index contributed by atoms with van der Waals surface area (Å²) in [5, 5.41) is 3.02. The fourth-order valence-electron chi connectivity index (χ4n) is 2.23. The highest BCUT2D eigenvalue weighted by Gasteiger charge is 2.10. The van der Waals surface area contributed by atoms with Crippen molar-refractivity contribution in [2.45, 2.75) is 32.6 Å². The fourth-order valence-corrected chi connectivity index (χ4v) is 3.09. The van der Waals surface area contributed by atoms with Gasteiger partial charge in [0.2, 0.25) is 5.91 Å². The molecule has 4 nitrogen and oxygen atoms in total.